The van der Waals surface area contributed by atoms with Gasteiger partial charge in [-0.2, -0.15) is 0 Å². The summed E-state index contributed by atoms with van der Waals surface area (Å²) >= 11 is 3.65. The van der Waals surface area contributed by atoms with E-state index in [1.807, 2.05) is 11.8 Å². The Morgan fingerprint density at radius 3 is 2.67 bits per heavy atom. The van der Waals surface area contributed by atoms with Gasteiger partial charge in [-0.25, -0.2) is 4.98 Å². The lowest BCUT2D eigenvalue weighted by atomic mass is 10.2. The van der Waals surface area contributed by atoms with Crippen LogP contribution in [0, 0.1) is 0 Å². The highest BCUT2D eigenvalue weighted by atomic mass is 32.2. The summed E-state index contributed by atoms with van der Waals surface area (Å²) in [5.41, 5.74) is 2.55. The minimum atomic E-state index is 0.529. The predicted octanol–water partition coefficient (Wildman–Crippen LogP) is 4.89. The molecule has 0 saturated carbocycles. The van der Waals surface area contributed by atoms with E-state index < -0.39 is 0 Å². The molecule has 0 spiro atoms. The number of thiazole rings is 1. The molecule has 2 aromatic rings. The SMILES string of the molecule is CCCc1nc(CSc2ccc(CNC(C)C)cc2)cs1. The van der Waals surface area contributed by atoms with Gasteiger partial charge in [0.2, 0.25) is 0 Å². The molecule has 0 aliphatic carbocycles. The minimum absolute atomic E-state index is 0.529. The van der Waals surface area contributed by atoms with Gasteiger partial charge in [0.05, 0.1) is 10.7 Å². The summed E-state index contributed by atoms with van der Waals surface area (Å²) < 4.78 is 0. The first-order valence-electron chi connectivity index (χ1n) is 7.55. The summed E-state index contributed by atoms with van der Waals surface area (Å²) in [4.78, 5) is 5.98. The molecule has 1 heterocycles. The number of aryl methyl sites for hydroxylation is 1. The minimum Gasteiger partial charge on any atom is -0.310 e. The number of nitrogens with one attached hydrogen (secondary N) is 1. The fourth-order valence-corrected chi connectivity index (χ4v) is 3.72. The number of aromatic nitrogens is 1. The molecule has 0 aliphatic heterocycles. The fraction of sp³-hybridized carbons (Fsp3) is 0.471. The highest BCUT2D eigenvalue weighted by Crippen LogP contribution is 2.24. The topological polar surface area (TPSA) is 24.9 Å². The molecule has 1 N–H and O–H groups in total. The third-order valence-corrected chi connectivity index (χ3v) is 5.09. The van der Waals surface area contributed by atoms with E-state index in [-0.39, 0.29) is 0 Å². The molecule has 4 heteroatoms. The third kappa shape index (κ3) is 5.81. The van der Waals surface area contributed by atoms with E-state index in [1.54, 1.807) is 11.3 Å². The van der Waals surface area contributed by atoms with Crippen molar-refractivity contribution in [1.29, 1.82) is 0 Å². The highest BCUT2D eigenvalue weighted by molar-refractivity contribution is 7.98. The van der Waals surface area contributed by atoms with Crippen molar-refractivity contribution in [3.63, 3.8) is 0 Å². The molecule has 0 fully saturated rings. The first kappa shape index (κ1) is 16.5. The Bertz CT molecular complexity index is 532. The summed E-state index contributed by atoms with van der Waals surface area (Å²) in [6.45, 7) is 7.48. The maximum atomic E-state index is 4.67. The van der Waals surface area contributed by atoms with Crippen LogP contribution >= 0.6 is 23.1 Å². The van der Waals surface area contributed by atoms with Gasteiger partial charge in [-0.3, -0.25) is 0 Å². The van der Waals surface area contributed by atoms with Gasteiger partial charge in [-0.15, -0.1) is 23.1 Å². The molecule has 0 unspecified atom stereocenters. The standard InChI is InChI=1S/C17H24N2S2/c1-4-5-17-19-15(12-21-17)11-20-16-8-6-14(7-9-16)10-18-13(2)3/h6-9,12-13,18H,4-5,10-11H2,1-3H3. The average molecular weight is 321 g/mol. The van der Waals surface area contributed by atoms with E-state index >= 15 is 0 Å². The quantitative estimate of drug-likeness (QED) is 0.701. The van der Waals surface area contributed by atoms with Crippen molar-refractivity contribution in [2.75, 3.05) is 0 Å². The van der Waals surface area contributed by atoms with E-state index in [9.17, 15) is 0 Å². The van der Waals surface area contributed by atoms with Crippen molar-refractivity contribution in [2.24, 2.45) is 0 Å². The van der Waals surface area contributed by atoms with Crippen molar-refractivity contribution in [2.45, 2.75) is 56.8 Å². The summed E-state index contributed by atoms with van der Waals surface area (Å²) in [5.74, 6) is 0.962. The number of benzene rings is 1. The van der Waals surface area contributed by atoms with Gasteiger partial charge >= 0.3 is 0 Å². The maximum absolute atomic E-state index is 4.67. The van der Waals surface area contributed by atoms with Gasteiger partial charge < -0.3 is 5.32 Å². The first-order valence-corrected chi connectivity index (χ1v) is 9.42. The van der Waals surface area contributed by atoms with Gasteiger partial charge in [0.25, 0.3) is 0 Å². The van der Waals surface area contributed by atoms with E-state index in [0.717, 1.165) is 18.7 Å². The van der Waals surface area contributed by atoms with Crippen molar-refractivity contribution >= 4 is 23.1 Å². The fourth-order valence-electron chi connectivity index (χ4n) is 1.93. The van der Waals surface area contributed by atoms with E-state index in [0.29, 0.717) is 6.04 Å². The lowest BCUT2D eigenvalue weighted by Gasteiger charge is -2.08. The van der Waals surface area contributed by atoms with Gasteiger partial charge in [-0.1, -0.05) is 32.9 Å². The predicted molar refractivity (Wildman–Crippen MR) is 94.1 cm³/mol. The van der Waals surface area contributed by atoms with Crippen molar-refractivity contribution in [1.82, 2.24) is 10.3 Å². The van der Waals surface area contributed by atoms with Crippen LogP contribution in [0.5, 0.6) is 0 Å². The molecular formula is C17H24N2S2. The van der Waals surface area contributed by atoms with Crippen LogP contribution in [0.3, 0.4) is 0 Å². The molecule has 21 heavy (non-hydrogen) atoms. The molecule has 114 valence electrons. The van der Waals surface area contributed by atoms with Crippen LogP contribution in [0.2, 0.25) is 0 Å². The van der Waals surface area contributed by atoms with Crippen LogP contribution in [0.25, 0.3) is 0 Å². The Morgan fingerprint density at radius 2 is 2.00 bits per heavy atom. The number of nitrogens with zero attached hydrogens (tertiary/aromatic N) is 1. The van der Waals surface area contributed by atoms with Crippen LogP contribution in [0.4, 0.5) is 0 Å². The summed E-state index contributed by atoms with van der Waals surface area (Å²) in [6.07, 6.45) is 2.28. The average Bonchev–Trinajstić information content (AvgIpc) is 2.92. The van der Waals surface area contributed by atoms with Crippen molar-refractivity contribution in [3.8, 4) is 0 Å². The van der Waals surface area contributed by atoms with Crippen LogP contribution in [0.15, 0.2) is 34.5 Å². The molecule has 0 atom stereocenters. The summed E-state index contributed by atoms with van der Waals surface area (Å²) in [7, 11) is 0. The van der Waals surface area contributed by atoms with Crippen LogP contribution in [-0.4, -0.2) is 11.0 Å². The zero-order chi connectivity index (χ0) is 15.1. The Balaban J connectivity index is 1.82. The van der Waals surface area contributed by atoms with Crippen LogP contribution in [-0.2, 0) is 18.7 Å². The third-order valence-electron chi connectivity index (χ3n) is 3.09. The van der Waals surface area contributed by atoms with E-state index in [1.165, 1.54) is 27.6 Å². The Kier molecular flexibility index (Phi) is 6.74. The number of hydrogen-bond donors (Lipinski definition) is 1. The first-order chi connectivity index (χ1) is 10.2. The van der Waals surface area contributed by atoms with Gasteiger partial charge in [0.1, 0.15) is 0 Å². The second kappa shape index (κ2) is 8.57. The monoisotopic (exact) mass is 320 g/mol. The van der Waals surface area contributed by atoms with Crippen molar-refractivity contribution in [3.05, 3.63) is 45.9 Å². The number of hydrogen-bond acceptors (Lipinski definition) is 4. The molecule has 1 aromatic heterocycles. The molecular weight excluding hydrogens is 296 g/mol. The number of rotatable bonds is 8. The lowest BCUT2D eigenvalue weighted by Crippen LogP contribution is -2.21. The van der Waals surface area contributed by atoms with Gasteiger partial charge in [0, 0.05) is 28.6 Å². The highest BCUT2D eigenvalue weighted by Gasteiger charge is 2.03. The van der Waals surface area contributed by atoms with Crippen LogP contribution < -0.4 is 5.32 Å². The zero-order valence-corrected chi connectivity index (χ0v) is 14.7. The molecule has 2 rings (SSSR count). The normalized spacial score (nSPS) is 11.2. The molecule has 0 bridgehead atoms. The Hall–Kier alpha value is -0.840. The molecule has 0 aliphatic rings. The molecule has 2 nitrogen and oxygen atoms in total. The maximum Gasteiger partial charge on any atom is 0.0928 e. The molecule has 0 saturated heterocycles. The van der Waals surface area contributed by atoms with E-state index in [4.69, 9.17) is 0 Å². The number of thioether (sulfide) groups is 1. The van der Waals surface area contributed by atoms with Crippen LogP contribution in [0.1, 0.15) is 43.5 Å². The second-order valence-electron chi connectivity index (χ2n) is 5.45. The van der Waals surface area contributed by atoms with E-state index in [2.05, 4.69) is 60.7 Å². The summed E-state index contributed by atoms with van der Waals surface area (Å²) in [5, 5.41) is 6.90. The molecule has 0 amide bonds. The molecule has 0 radical (unpaired) electrons. The Labute approximate surface area is 136 Å². The molecule has 1 aromatic carbocycles. The van der Waals surface area contributed by atoms with Gasteiger partial charge in [0.15, 0.2) is 0 Å². The zero-order valence-electron chi connectivity index (χ0n) is 13.1. The Morgan fingerprint density at radius 1 is 1.24 bits per heavy atom. The van der Waals surface area contributed by atoms with Crippen molar-refractivity contribution < 1.29 is 0 Å². The second-order valence-corrected chi connectivity index (χ2v) is 7.44. The largest absolute Gasteiger partial charge is 0.310 e. The lowest BCUT2D eigenvalue weighted by molar-refractivity contribution is 0.588. The smallest absolute Gasteiger partial charge is 0.0928 e. The van der Waals surface area contributed by atoms with Gasteiger partial charge in [-0.05, 0) is 30.5 Å². The summed E-state index contributed by atoms with van der Waals surface area (Å²) in [6, 6.07) is 9.37.